The molecule has 0 amide bonds. The molecule has 0 saturated carbocycles. The third kappa shape index (κ3) is 5.14. The van der Waals surface area contributed by atoms with Gasteiger partial charge in [-0.3, -0.25) is 4.90 Å². The number of hydrogen-bond donors (Lipinski definition) is 1. The molecule has 140 valence electrons. The Hall–Kier alpha value is -1.69. The van der Waals surface area contributed by atoms with Crippen molar-refractivity contribution in [1.29, 1.82) is 0 Å². The molecule has 0 aromatic carbocycles. The summed E-state index contributed by atoms with van der Waals surface area (Å²) in [6.07, 6.45) is 2.50. The van der Waals surface area contributed by atoms with E-state index in [0.717, 1.165) is 24.1 Å². The predicted molar refractivity (Wildman–Crippen MR) is 93.2 cm³/mol. The molecule has 25 heavy (non-hydrogen) atoms. The van der Waals surface area contributed by atoms with Gasteiger partial charge in [-0.15, -0.1) is 0 Å². The SMILES string of the molecule is CCOC(=O)C(CC(C)C)[n+]1cc(CCN2CC(F)C2)c(C)cc1O. The van der Waals surface area contributed by atoms with Crippen LogP contribution in [0.5, 0.6) is 5.88 Å². The van der Waals surface area contributed by atoms with Crippen LogP contribution in [0.2, 0.25) is 0 Å². The van der Waals surface area contributed by atoms with Crippen LogP contribution >= 0.6 is 0 Å². The fourth-order valence-electron chi connectivity index (χ4n) is 3.18. The quantitative estimate of drug-likeness (QED) is 0.576. The topological polar surface area (TPSA) is 53.7 Å². The lowest BCUT2D eigenvalue weighted by Gasteiger charge is -2.34. The molecule has 5 nitrogen and oxygen atoms in total. The van der Waals surface area contributed by atoms with E-state index in [1.54, 1.807) is 17.6 Å². The molecular weight excluding hydrogens is 323 g/mol. The zero-order valence-corrected chi connectivity index (χ0v) is 15.7. The summed E-state index contributed by atoms with van der Waals surface area (Å²) in [6, 6.07) is 1.15. The van der Waals surface area contributed by atoms with Crippen molar-refractivity contribution in [1.82, 2.24) is 4.90 Å². The summed E-state index contributed by atoms with van der Waals surface area (Å²) in [5, 5.41) is 10.4. The van der Waals surface area contributed by atoms with Gasteiger partial charge in [0.15, 0.2) is 6.20 Å². The second-order valence-corrected chi connectivity index (χ2v) is 7.25. The minimum Gasteiger partial charge on any atom is -0.461 e. The van der Waals surface area contributed by atoms with Gasteiger partial charge in [-0.25, -0.2) is 9.18 Å². The molecular formula is C19H30FN2O3+. The molecule has 1 atom stereocenters. The molecule has 6 heteroatoms. The van der Waals surface area contributed by atoms with Crippen LogP contribution in [0.4, 0.5) is 4.39 Å². The molecule has 2 rings (SSSR count). The first-order valence-corrected chi connectivity index (χ1v) is 9.08. The van der Waals surface area contributed by atoms with Gasteiger partial charge in [-0.1, -0.05) is 13.8 Å². The maximum absolute atomic E-state index is 12.9. The lowest BCUT2D eigenvalue weighted by atomic mass is 10.0. The van der Waals surface area contributed by atoms with Crippen molar-refractivity contribution in [3.63, 3.8) is 0 Å². The van der Waals surface area contributed by atoms with Crippen LogP contribution in [0, 0.1) is 12.8 Å². The minimum atomic E-state index is -0.704. The summed E-state index contributed by atoms with van der Waals surface area (Å²) >= 11 is 0. The Morgan fingerprint density at radius 1 is 1.48 bits per heavy atom. The number of ether oxygens (including phenoxy) is 1. The highest BCUT2D eigenvalue weighted by molar-refractivity contribution is 5.72. The highest BCUT2D eigenvalue weighted by Gasteiger charge is 2.34. The molecule has 2 heterocycles. The van der Waals surface area contributed by atoms with Crippen LogP contribution in [-0.4, -0.2) is 48.4 Å². The van der Waals surface area contributed by atoms with Crippen molar-refractivity contribution in [2.75, 3.05) is 26.2 Å². The summed E-state index contributed by atoms with van der Waals surface area (Å²) in [6.45, 7) is 9.88. The van der Waals surface area contributed by atoms with Gasteiger partial charge in [0.1, 0.15) is 6.17 Å². The fraction of sp³-hybridized carbons (Fsp3) is 0.684. The standard InChI is InChI=1S/C19H29FN2O3/c1-5-25-19(24)17(8-13(2)3)22-10-15(14(4)9-18(22)23)6-7-21-11-16(20)12-21/h9-10,13,16-17H,5-8,11-12H2,1-4H3/p+1. The molecule has 1 fully saturated rings. The van der Waals surface area contributed by atoms with E-state index in [2.05, 4.69) is 4.90 Å². The molecule has 1 aromatic heterocycles. The first kappa shape index (κ1) is 19.6. The lowest BCUT2D eigenvalue weighted by Crippen LogP contribution is -2.49. The number of aromatic hydroxyl groups is 1. The number of carbonyl (C=O) groups is 1. The number of carbonyl (C=O) groups excluding carboxylic acids is 1. The third-order valence-electron chi connectivity index (χ3n) is 4.61. The Kier molecular flexibility index (Phi) is 6.76. The van der Waals surface area contributed by atoms with Crippen molar-refractivity contribution in [2.45, 2.75) is 52.8 Å². The Bertz CT molecular complexity index is 601. The molecule has 1 aromatic rings. The number of likely N-dealkylation sites (tertiary alicyclic amines) is 1. The Labute approximate surface area is 149 Å². The summed E-state index contributed by atoms with van der Waals surface area (Å²) in [5.74, 6) is 0.0238. The van der Waals surface area contributed by atoms with E-state index in [-0.39, 0.29) is 17.8 Å². The first-order valence-electron chi connectivity index (χ1n) is 9.08. The Morgan fingerprint density at radius 2 is 2.16 bits per heavy atom. The van der Waals surface area contributed by atoms with E-state index in [1.807, 2.05) is 27.0 Å². The number of rotatable bonds is 8. The number of aryl methyl sites for hydroxylation is 1. The van der Waals surface area contributed by atoms with Crippen molar-refractivity contribution in [2.24, 2.45) is 5.92 Å². The summed E-state index contributed by atoms with van der Waals surface area (Å²) in [4.78, 5) is 14.4. The number of pyridine rings is 1. The smallest absolute Gasteiger partial charge is 0.376 e. The number of nitrogens with zero attached hydrogens (tertiary/aromatic N) is 2. The average Bonchev–Trinajstić information content (AvgIpc) is 2.50. The number of alkyl halides is 1. The Morgan fingerprint density at radius 3 is 2.72 bits per heavy atom. The molecule has 1 unspecified atom stereocenters. The van der Waals surface area contributed by atoms with Gasteiger partial charge in [-0.05, 0) is 31.7 Å². The van der Waals surface area contributed by atoms with E-state index in [1.165, 1.54) is 0 Å². The van der Waals surface area contributed by atoms with Gasteiger partial charge >= 0.3 is 11.8 Å². The van der Waals surface area contributed by atoms with Crippen molar-refractivity contribution < 1.29 is 23.6 Å². The van der Waals surface area contributed by atoms with Crippen LogP contribution < -0.4 is 4.57 Å². The Balaban J connectivity index is 2.21. The van der Waals surface area contributed by atoms with Crippen LogP contribution in [0.3, 0.4) is 0 Å². The second kappa shape index (κ2) is 8.61. The normalized spacial score (nSPS) is 16.7. The molecule has 0 spiro atoms. The highest BCUT2D eigenvalue weighted by Crippen LogP contribution is 2.20. The number of hydrogen-bond acceptors (Lipinski definition) is 4. The van der Waals surface area contributed by atoms with Crippen molar-refractivity contribution in [3.05, 3.63) is 23.4 Å². The number of aromatic nitrogens is 1. The minimum absolute atomic E-state index is 0.0627. The fourth-order valence-corrected chi connectivity index (χ4v) is 3.18. The van der Waals surface area contributed by atoms with E-state index >= 15 is 0 Å². The summed E-state index contributed by atoms with van der Waals surface area (Å²) in [7, 11) is 0. The van der Waals surface area contributed by atoms with Gasteiger partial charge in [-0.2, -0.15) is 4.57 Å². The van der Waals surface area contributed by atoms with Crippen LogP contribution in [0.25, 0.3) is 0 Å². The van der Waals surface area contributed by atoms with Crippen molar-refractivity contribution >= 4 is 5.97 Å². The molecule has 1 aliphatic heterocycles. The molecule has 0 radical (unpaired) electrons. The van der Waals surface area contributed by atoms with Gasteiger partial charge in [0, 0.05) is 31.6 Å². The van der Waals surface area contributed by atoms with E-state index in [0.29, 0.717) is 26.1 Å². The molecule has 1 aliphatic rings. The largest absolute Gasteiger partial charge is 0.461 e. The lowest BCUT2D eigenvalue weighted by molar-refractivity contribution is -0.717. The molecule has 0 bridgehead atoms. The first-order chi connectivity index (χ1) is 11.8. The highest BCUT2D eigenvalue weighted by atomic mass is 19.1. The monoisotopic (exact) mass is 353 g/mol. The summed E-state index contributed by atoms with van der Waals surface area (Å²) in [5.41, 5.74) is 2.02. The summed E-state index contributed by atoms with van der Waals surface area (Å²) < 4.78 is 19.8. The van der Waals surface area contributed by atoms with E-state index < -0.39 is 12.2 Å². The maximum Gasteiger partial charge on any atom is 0.376 e. The van der Waals surface area contributed by atoms with Crippen LogP contribution in [0.15, 0.2) is 12.3 Å². The predicted octanol–water partition coefficient (Wildman–Crippen LogP) is 2.33. The van der Waals surface area contributed by atoms with Crippen LogP contribution in [-0.2, 0) is 16.0 Å². The van der Waals surface area contributed by atoms with Crippen molar-refractivity contribution in [3.8, 4) is 5.88 Å². The van der Waals surface area contributed by atoms with E-state index in [9.17, 15) is 14.3 Å². The van der Waals surface area contributed by atoms with Gasteiger partial charge in [0.25, 0.3) is 6.04 Å². The van der Waals surface area contributed by atoms with Crippen LogP contribution in [0.1, 0.15) is 44.4 Å². The number of halogens is 1. The molecule has 0 aliphatic carbocycles. The number of esters is 1. The zero-order valence-electron chi connectivity index (χ0n) is 15.7. The molecule has 1 saturated heterocycles. The van der Waals surface area contributed by atoms with Gasteiger partial charge < -0.3 is 9.84 Å². The second-order valence-electron chi connectivity index (χ2n) is 7.25. The third-order valence-corrected chi connectivity index (χ3v) is 4.61. The van der Waals surface area contributed by atoms with E-state index in [4.69, 9.17) is 4.74 Å². The average molecular weight is 353 g/mol. The van der Waals surface area contributed by atoms with Gasteiger partial charge in [0.2, 0.25) is 0 Å². The molecule has 1 N–H and O–H groups in total. The van der Waals surface area contributed by atoms with Gasteiger partial charge in [0.05, 0.1) is 12.7 Å². The maximum atomic E-state index is 12.9. The zero-order chi connectivity index (χ0) is 18.6.